The van der Waals surface area contributed by atoms with Crippen molar-refractivity contribution in [2.75, 3.05) is 20.0 Å². The standard InChI is InChI=1S/C21H18O5/c1-3-11-24-18-9-6-15(12-20(18)23-4-2)5-8-17(22)16-7-10-19-21(13-16)26-14-25-19/h1,5-10,12-13H,4,11,14H2,2H3/b8-5+. The van der Waals surface area contributed by atoms with E-state index in [1.807, 2.05) is 13.0 Å². The zero-order valence-corrected chi connectivity index (χ0v) is 14.4. The average molecular weight is 350 g/mol. The van der Waals surface area contributed by atoms with Crippen LogP contribution in [0.5, 0.6) is 23.0 Å². The van der Waals surface area contributed by atoms with Crippen molar-refractivity contribution in [2.24, 2.45) is 0 Å². The minimum Gasteiger partial charge on any atom is -0.490 e. The van der Waals surface area contributed by atoms with E-state index in [9.17, 15) is 4.79 Å². The molecule has 0 saturated heterocycles. The maximum atomic E-state index is 12.4. The normalized spacial score (nSPS) is 12.0. The topological polar surface area (TPSA) is 54.0 Å². The molecule has 0 N–H and O–H groups in total. The molecule has 3 rings (SSSR count). The third-order valence-corrected chi connectivity index (χ3v) is 3.66. The maximum absolute atomic E-state index is 12.4. The minimum atomic E-state index is -0.131. The van der Waals surface area contributed by atoms with Gasteiger partial charge in [0.05, 0.1) is 6.61 Å². The van der Waals surface area contributed by atoms with Crippen LogP contribution in [0.1, 0.15) is 22.8 Å². The fourth-order valence-electron chi connectivity index (χ4n) is 2.45. The lowest BCUT2D eigenvalue weighted by Gasteiger charge is -2.10. The van der Waals surface area contributed by atoms with E-state index in [4.69, 9.17) is 25.4 Å². The number of benzene rings is 2. The molecule has 1 aliphatic heterocycles. The highest BCUT2D eigenvalue weighted by Crippen LogP contribution is 2.33. The van der Waals surface area contributed by atoms with Crippen LogP contribution >= 0.6 is 0 Å². The molecule has 0 spiro atoms. The second-order valence-electron chi connectivity index (χ2n) is 5.40. The molecule has 2 aromatic carbocycles. The average Bonchev–Trinajstić information content (AvgIpc) is 3.13. The van der Waals surface area contributed by atoms with Crippen LogP contribution in [0.4, 0.5) is 0 Å². The van der Waals surface area contributed by atoms with Crippen LogP contribution in [0.25, 0.3) is 6.08 Å². The molecule has 26 heavy (non-hydrogen) atoms. The summed E-state index contributed by atoms with van der Waals surface area (Å²) in [6.07, 6.45) is 8.45. The van der Waals surface area contributed by atoms with Crippen LogP contribution in [0.2, 0.25) is 0 Å². The van der Waals surface area contributed by atoms with Crippen molar-refractivity contribution in [1.29, 1.82) is 0 Å². The van der Waals surface area contributed by atoms with Crippen LogP contribution in [-0.4, -0.2) is 25.8 Å². The Bertz CT molecular complexity index is 876. The Morgan fingerprint density at radius 2 is 2.00 bits per heavy atom. The highest BCUT2D eigenvalue weighted by Gasteiger charge is 2.15. The van der Waals surface area contributed by atoms with Gasteiger partial charge in [0.15, 0.2) is 28.8 Å². The summed E-state index contributed by atoms with van der Waals surface area (Å²) in [6.45, 7) is 2.72. The van der Waals surface area contributed by atoms with Crippen LogP contribution in [-0.2, 0) is 0 Å². The van der Waals surface area contributed by atoms with Crippen LogP contribution in [0.15, 0.2) is 42.5 Å². The zero-order chi connectivity index (χ0) is 18.4. The van der Waals surface area contributed by atoms with E-state index in [-0.39, 0.29) is 19.2 Å². The molecule has 5 nitrogen and oxygen atoms in total. The molecule has 1 aliphatic rings. The lowest BCUT2D eigenvalue weighted by molar-refractivity contribution is 0.104. The van der Waals surface area contributed by atoms with E-state index in [1.54, 1.807) is 36.4 Å². The number of rotatable bonds is 7. The Labute approximate surface area is 152 Å². The first-order valence-electron chi connectivity index (χ1n) is 8.16. The van der Waals surface area contributed by atoms with Gasteiger partial charge in [-0.25, -0.2) is 0 Å². The second kappa shape index (κ2) is 8.13. The van der Waals surface area contributed by atoms with Gasteiger partial charge in [-0.1, -0.05) is 18.1 Å². The van der Waals surface area contributed by atoms with Gasteiger partial charge in [0.25, 0.3) is 0 Å². The van der Waals surface area contributed by atoms with E-state index in [0.717, 1.165) is 5.56 Å². The van der Waals surface area contributed by atoms with Crippen molar-refractivity contribution in [3.63, 3.8) is 0 Å². The quantitative estimate of drug-likeness (QED) is 0.433. The highest BCUT2D eigenvalue weighted by molar-refractivity contribution is 6.07. The molecular weight excluding hydrogens is 332 g/mol. The molecule has 0 bridgehead atoms. The molecule has 132 valence electrons. The number of hydrogen-bond donors (Lipinski definition) is 0. The van der Waals surface area contributed by atoms with Crippen molar-refractivity contribution in [1.82, 2.24) is 0 Å². The van der Waals surface area contributed by atoms with Crippen molar-refractivity contribution in [3.05, 3.63) is 53.6 Å². The van der Waals surface area contributed by atoms with Gasteiger partial charge in [-0.3, -0.25) is 4.79 Å². The molecule has 0 radical (unpaired) electrons. The van der Waals surface area contributed by atoms with Crippen molar-refractivity contribution in [3.8, 4) is 35.3 Å². The van der Waals surface area contributed by atoms with Crippen LogP contribution in [0, 0.1) is 12.3 Å². The third-order valence-electron chi connectivity index (χ3n) is 3.66. The summed E-state index contributed by atoms with van der Waals surface area (Å²) in [5.41, 5.74) is 1.35. The first-order valence-corrected chi connectivity index (χ1v) is 8.16. The molecule has 1 heterocycles. The number of ketones is 1. The Morgan fingerprint density at radius 3 is 2.81 bits per heavy atom. The number of carbonyl (C=O) groups excluding carboxylic acids is 1. The number of allylic oxidation sites excluding steroid dienone is 1. The van der Waals surface area contributed by atoms with Gasteiger partial charge in [0.2, 0.25) is 6.79 Å². The summed E-state index contributed by atoms with van der Waals surface area (Å²) in [7, 11) is 0. The van der Waals surface area contributed by atoms with E-state index in [0.29, 0.717) is 35.2 Å². The molecule has 0 atom stereocenters. The van der Waals surface area contributed by atoms with Gasteiger partial charge < -0.3 is 18.9 Å². The van der Waals surface area contributed by atoms with Gasteiger partial charge in [0, 0.05) is 5.56 Å². The smallest absolute Gasteiger partial charge is 0.231 e. The summed E-state index contributed by atoms with van der Waals surface area (Å²) < 4.78 is 21.6. The molecule has 5 heteroatoms. The molecule has 0 saturated carbocycles. The predicted molar refractivity (Wildman–Crippen MR) is 97.9 cm³/mol. The Morgan fingerprint density at radius 1 is 1.15 bits per heavy atom. The van der Waals surface area contributed by atoms with Crippen molar-refractivity contribution >= 4 is 11.9 Å². The monoisotopic (exact) mass is 350 g/mol. The third kappa shape index (κ3) is 3.98. The molecule has 0 amide bonds. The second-order valence-corrected chi connectivity index (χ2v) is 5.40. The van der Waals surface area contributed by atoms with Crippen LogP contribution in [0.3, 0.4) is 0 Å². The van der Waals surface area contributed by atoms with E-state index in [2.05, 4.69) is 5.92 Å². The molecule has 2 aromatic rings. The molecule has 0 aromatic heterocycles. The Hall–Kier alpha value is -3.39. The van der Waals surface area contributed by atoms with Crippen LogP contribution < -0.4 is 18.9 Å². The summed E-state index contributed by atoms with van der Waals surface area (Å²) in [6, 6.07) is 10.5. The summed E-state index contributed by atoms with van der Waals surface area (Å²) in [5, 5.41) is 0. The fraction of sp³-hybridized carbons (Fsp3) is 0.190. The lowest BCUT2D eigenvalue weighted by Crippen LogP contribution is -1.99. The summed E-state index contributed by atoms with van der Waals surface area (Å²) in [4.78, 5) is 12.4. The largest absolute Gasteiger partial charge is 0.490 e. The summed E-state index contributed by atoms with van der Waals surface area (Å²) >= 11 is 0. The first-order chi connectivity index (χ1) is 12.7. The number of hydrogen-bond acceptors (Lipinski definition) is 5. The zero-order valence-electron chi connectivity index (χ0n) is 14.4. The van der Waals surface area contributed by atoms with Gasteiger partial charge in [-0.05, 0) is 48.9 Å². The first kappa shape index (κ1) is 17.4. The number of ether oxygens (including phenoxy) is 4. The highest BCUT2D eigenvalue weighted by atomic mass is 16.7. The Kier molecular flexibility index (Phi) is 5.45. The van der Waals surface area contributed by atoms with Crippen molar-refractivity contribution < 1.29 is 23.7 Å². The molecule has 0 fully saturated rings. The maximum Gasteiger partial charge on any atom is 0.231 e. The molecule has 0 unspecified atom stereocenters. The van der Waals surface area contributed by atoms with E-state index < -0.39 is 0 Å². The number of terminal acetylenes is 1. The Balaban J connectivity index is 1.76. The van der Waals surface area contributed by atoms with Crippen molar-refractivity contribution in [2.45, 2.75) is 6.92 Å². The number of fused-ring (bicyclic) bond motifs is 1. The van der Waals surface area contributed by atoms with E-state index in [1.165, 1.54) is 6.08 Å². The minimum absolute atomic E-state index is 0.131. The van der Waals surface area contributed by atoms with Gasteiger partial charge >= 0.3 is 0 Å². The fourth-order valence-corrected chi connectivity index (χ4v) is 2.45. The molecule has 0 aliphatic carbocycles. The predicted octanol–water partition coefficient (Wildman–Crippen LogP) is 3.72. The summed E-state index contributed by atoms with van der Waals surface area (Å²) in [5.74, 6) is 4.68. The lowest BCUT2D eigenvalue weighted by atomic mass is 10.1. The van der Waals surface area contributed by atoms with Gasteiger partial charge in [-0.15, -0.1) is 6.42 Å². The van der Waals surface area contributed by atoms with Gasteiger partial charge in [0.1, 0.15) is 6.61 Å². The van der Waals surface area contributed by atoms with Gasteiger partial charge in [-0.2, -0.15) is 0 Å². The SMILES string of the molecule is C#CCOc1ccc(/C=C/C(=O)c2ccc3c(c2)OCO3)cc1OCC. The van der Waals surface area contributed by atoms with E-state index >= 15 is 0 Å². The number of carbonyl (C=O) groups is 1. The molecular formula is C21H18O5.